The topological polar surface area (TPSA) is 82.5 Å². The Hall–Kier alpha value is -1.63. The molecule has 6 nitrogen and oxygen atoms in total. The van der Waals surface area contributed by atoms with Gasteiger partial charge in [0.15, 0.2) is 0 Å². The van der Waals surface area contributed by atoms with Gasteiger partial charge in [-0.3, -0.25) is 4.79 Å². The van der Waals surface area contributed by atoms with Crippen LogP contribution in [0.3, 0.4) is 0 Å². The van der Waals surface area contributed by atoms with E-state index in [1.807, 2.05) is 12.3 Å². The number of hydrogen-bond donors (Lipinski definition) is 2. The molecular formula is C13H19N3O3S. The molecule has 7 heteroatoms. The molecule has 1 aromatic rings. The summed E-state index contributed by atoms with van der Waals surface area (Å²) in [6.07, 6.45) is 2.51. The van der Waals surface area contributed by atoms with Crippen molar-refractivity contribution in [1.82, 2.24) is 15.2 Å². The normalized spacial score (nSPS) is 18.2. The number of carboxylic acids is 1. The first kappa shape index (κ1) is 14.8. The van der Waals surface area contributed by atoms with Crippen LogP contribution >= 0.6 is 11.3 Å². The lowest BCUT2D eigenvalue weighted by atomic mass is 9.87. The van der Waals surface area contributed by atoms with Crippen molar-refractivity contribution in [3.8, 4) is 0 Å². The Morgan fingerprint density at radius 2 is 2.30 bits per heavy atom. The lowest BCUT2D eigenvalue weighted by Gasteiger charge is -2.41. The molecule has 1 aromatic heterocycles. The van der Waals surface area contributed by atoms with Gasteiger partial charge in [-0.25, -0.2) is 9.78 Å². The average molecular weight is 297 g/mol. The summed E-state index contributed by atoms with van der Waals surface area (Å²) >= 11 is 1.52. The minimum Gasteiger partial charge on any atom is -0.481 e. The molecule has 1 aliphatic heterocycles. The highest BCUT2D eigenvalue weighted by Gasteiger charge is 2.37. The number of likely N-dealkylation sites (tertiary alicyclic amines) is 1. The monoisotopic (exact) mass is 297 g/mol. The second-order valence-corrected chi connectivity index (χ2v) is 6.00. The summed E-state index contributed by atoms with van der Waals surface area (Å²) in [5, 5.41) is 14.7. The SMILES string of the molecule is CCC(NC(=O)N1CC(C(C)C(=O)O)C1)c1nccs1. The van der Waals surface area contributed by atoms with Crippen molar-refractivity contribution in [2.24, 2.45) is 11.8 Å². The number of carbonyl (C=O) groups excluding carboxylic acids is 1. The molecular weight excluding hydrogens is 278 g/mol. The van der Waals surface area contributed by atoms with E-state index >= 15 is 0 Å². The van der Waals surface area contributed by atoms with Crippen LogP contribution in [0.25, 0.3) is 0 Å². The highest BCUT2D eigenvalue weighted by molar-refractivity contribution is 7.09. The number of nitrogens with zero attached hydrogens (tertiary/aromatic N) is 2. The van der Waals surface area contributed by atoms with E-state index in [9.17, 15) is 9.59 Å². The minimum absolute atomic E-state index is 0.0539. The first-order valence-electron chi connectivity index (χ1n) is 6.70. The van der Waals surface area contributed by atoms with Gasteiger partial charge in [-0.05, 0) is 6.42 Å². The van der Waals surface area contributed by atoms with Crippen LogP contribution in [-0.2, 0) is 4.79 Å². The van der Waals surface area contributed by atoms with Crippen LogP contribution in [-0.4, -0.2) is 40.1 Å². The van der Waals surface area contributed by atoms with E-state index in [4.69, 9.17) is 5.11 Å². The van der Waals surface area contributed by atoms with Crippen molar-refractivity contribution in [2.45, 2.75) is 26.3 Å². The molecule has 2 unspecified atom stereocenters. The van der Waals surface area contributed by atoms with Gasteiger partial charge in [0, 0.05) is 30.6 Å². The number of rotatable bonds is 5. The van der Waals surface area contributed by atoms with Gasteiger partial charge >= 0.3 is 12.0 Å². The first-order chi connectivity index (χ1) is 9.52. The number of hydrogen-bond acceptors (Lipinski definition) is 4. The summed E-state index contributed by atoms with van der Waals surface area (Å²) < 4.78 is 0. The summed E-state index contributed by atoms with van der Waals surface area (Å²) in [4.78, 5) is 28.8. The van der Waals surface area contributed by atoms with E-state index < -0.39 is 11.9 Å². The molecule has 110 valence electrons. The highest BCUT2D eigenvalue weighted by atomic mass is 32.1. The Balaban J connectivity index is 1.83. The summed E-state index contributed by atoms with van der Waals surface area (Å²) in [6.45, 7) is 4.70. The number of nitrogens with one attached hydrogen (secondary N) is 1. The van der Waals surface area contributed by atoms with Crippen LogP contribution in [0.5, 0.6) is 0 Å². The third-order valence-electron chi connectivity index (χ3n) is 3.75. The molecule has 20 heavy (non-hydrogen) atoms. The molecule has 0 saturated carbocycles. The summed E-state index contributed by atoms with van der Waals surface area (Å²) in [5.74, 6) is -1.15. The highest BCUT2D eigenvalue weighted by Crippen LogP contribution is 2.25. The minimum atomic E-state index is -0.802. The van der Waals surface area contributed by atoms with Crippen LogP contribution in [0.15, 0.2) is 11.6 Å². The van der Waals surface area contributed by atoms with E-state index in [1.165, 1.54) is 11.3 Å². The smallest absolute Gasteiger partial charge is 0.317 e. The maximum Gasteiger partial charge on any atom is 0.317 e. The van der Waals surface area contributed by atoms with Crippen molar-refractivity contribution in [2.75, 3.05) is 13.1 Å². The molecule has 1 aliphatic rings. The standard InChI is InChI=1S/C13H19N3O3S/c1-3-10(11-14-4-5-20-11)15-13(19)16-6-9(7-16)8(2)12(17)18/h4-5,8-10H,3,6-7H2,1-2H3,(H,15,19)(H,17,18). The molecule has 0 bridgehead atoms. The Bertz CT molecular complexity index is 471. The molecule has 2 heterocycles. The average Bonchev–Trinajstić information content (AvgIpc) is 2.87. The predicted molar refractivity (Wildman–Crippen MR) is 75.5 cm³/mol. The predicted octanol–water partition coefficient (Wildman–Crippen LogP) is 1.96. The zero-order chi connectivity index (χ0) is 14.7. The zero-order valence-corrected chi connectivity index (χ0v) is 12.4. The molecule has 0 radical (unpaired) electrons. The zero-order valence-electron chi connectivity index (χ0n) is 11.6. The van der Waals surface area contributed by atoms with Crippen LogP contribution in [0.4, 0.5) is 4.79 Å². The molecule has 2 N–H and O–H groups in total. The van der Waals surface area contributed by atoms with Gasteiger partial charge in [-0.2, -0.15) is 0 Å². The maximum absolute atomic E-state index is 12.1. The van der Waals surface area contributed by atoms with Gasteiger partial charge in [0.1, 0.15) is 5.01 Å². The molecule has 2 rings (SSSR count). The van der Waals surface area contributed by atoms with Gasteiger partial charge in [-0.15, -0.1) is 11.3 Å². The fourth-order valence-corrected chi connectivity index (χ4v) is 2.95. The van der Waals surface area contributed by atoms with Crippen molar-refractivity contribution in [1.29, 1.82) is 0 Å². The Labute approximate surface area is 121 Å². The third kappa shape index (κ3) is 3.09. The quantitative estimate of drug-likeness (QED) is 0.870. The number of amides is 2. The molecule has 0 aliphatic carbocycles. The van der Waals surface area contributed by atoms with Crippen molar-refractivity contribution in [3.63, 3.8) is 0 Å². The first-order valence-corrected chi connectivity index (χ1v) is 7.58. The van der Waals surface area contributed by atoms with E-state index in [1.54, 1.807) is 18.0 Å². The molecule has 1 saturated heterocycles. The van der Waals surface area contributed by atoms with Crippen LogP contribution < -0.4 is 5.32 Å². The fraction of sp³-hybridized carbons (Fsp3) is 0.615. The van der Waals surface area contributed by atoms with Gasteiger partial charge in [0.05, 0.1) is 12.0 Å². The number of carbonyl (C=O) groups is 2. The van der Waals surface area contributed by atoms with Gasteiger partial charge in [-0.1, -0.05) is 13.8 Å². The van der Waals surface area contributed by atoms with E-state index in [-0.39, 0.29) is 18.0 Å². The van der Waals surface area contributed by atoms with Crippen molar-refractivity contribution in [3.05, 3.63) is 16.6 Å². The molecule has 0 aromatic carbocycles. The fourth-order valence-electron chi connectivity index (χ4n) is 2.18. The van der Waals surface area contributed by atoms with Gasteiger partial charge in [0.25, 0.3) is 0 Å². The number of thiazole rings is 1. The second-order valence-electron chi connectivity index (χ2n) is 5.07. The van der Waals surface area contributed by atoms with E-state index in [0.29, 0.717) is 13.1 Å². The Morgan fingerprint density at radius 1 is 1.60 bits per heavy atom. The molecule has 2 amide bonds. The lowest BCUT2D eigenvalue weighted by Crippen LogP contribution is -2.56. The van der Waals surface area contributed by atoms with Gasteiger partial charge < -0.3 is 15.3 Å². The third-order valence-corrected chi connectivity index (χ3v) is 4.64. The maximum atomic E-state index is 12.1. The van der Waals surface area contributed by atoms with E-state index in [2.05, 4.69) is 10.3 Å². The Morgan fingerprint density at radius 3 is 2.80 bits per heavy atom. The summed E-state index contributed by atoms with van der Waals surface area (Å²) in [6, 6.07) is -0.209. The largest absolute Gasteiger partial charge is 0.481 e. The number of aromatic nitrogens is 1. The van der Waals surface area contributed by atoms with Crippen molar-refractivity contribution >= 4 is 23.3 Å². The summed E-state index contributed by atoms with van der Waals surface area (Å²) in [5.41, 5.74) is 0. The van der Waals surface area contributed by atoms with Gasteiger partial charge in [0.2, 0.25) is 0 Å². The molecule has 1 fully saturated rings. The summed E-state index contributed by atoms with van der Waals surface area (Å²) in [7, 11) is 0. The second kappa shape index (κ2) is 6.21. The number of carboxylic acid groups (broad SMARTS) is 1. The van der Waals surface area contributed by atoms with E-state index in [0.717, 1.165) is 11.4 Å². The van der Waals surface area contributed by atoms with Crippen LogP contribution in [0.1, 0.15) is 31.3 Å². The molecule has 0 spiro atoms. The van der Waals surface area contributed by atoms with Crippen molar-refractivity contribution < 1.29 is 14.7 Å². The lowest BCUT2D eigenvalue weighted by molar-refractivity contribution is -0.144. The number of aliphatic carboxylic acids is 1. The van der Waals surface area contributed by atoms with Crippen LogP contribution in [0, 0.1) is 11.8 Å². The number of urea groups is 1. The Kier molecular flexibility index (Phi) is 4.59. The molecule has 2 atom stereocenters. The van der Waals surface area contributed by atoms with Crippen LogP contribution in [0.2, 0.25) is 0 Å².